The van der Waals surface area contributed by atoms with Crippen LogP contribution in [-0.4, -0.2) is 41.2 Å². The maximum Gasteiger partial charge on any atom is 0.276 e. The van der Waals surface area contributed by atoms with Gasteiger partial charge in [-0.3, -0.25) is 23.6 Å². The van der Waals surface area contributed by atoms with Gasteiger partial charge in [-0.25, -0.2) is 0 Å². The standard InChI is InChI=1S/C19H26N8O2/c1-6-26-18(19(29)23-15-10-20-25(5)14(15)4)16(11-21-26)22-17(28)7-8-27-13(3)9-12(2)24-27/h9-11H,6-8H2,1-5H3,(H,22,28)(H,23,29). The number of carbonyl (C=O) groups excluding carboxylic acids is 2. The summed E-state index contributed by atoms with van der Waals surface area (Å²) in [6.45, 7) is 8.57. The third-order valence-electron chi connectivity index (χ3n) is 4.77. The lowest BCUT2D eigenvalue weighted by Gasteiger charge is -2.10. The molecule has 0 aromatic carbocycles. The molecule has 10 nitrogen and oxygen atoms in total. The summed E-state index contributed by atoms with van der Waals surface area (Å²) in [7, 11) is 1.80. The molecule has 0 aliphatic heterocycles. The molecule has 3 aromatic rings. The van der Waals surface area contributed by atoms with Gasteiger partial charge in [0.15, 0.2) is 0 Å². The Kier molecular flexibility index (Phi) is 5.81. The summed E-state index contributed by atoms with van der Waals surface area (Å²) in [6.07, 6.45) is 3.32. The Balaban J connectivity index is 1.72. The molecule has 0 atom stereocenters. The van der Waals surface area contributed by atoms with Gasteiger partial charge in [0, 0.05) is 32.3 Å². The molecule has 0 spiro atoms. The van der Waals surface area contributed by atoms with Crippen molar-refractivity contribution < 1.29 is 9.59 Å². The van der Waals surface area contributed by atoms with Crippen LogP contribution in [-0.2, 0) is 24.9 Å². The van der Waals surface area contributed by atoms with Crippen molar-refractivity contribution in [1.82, 2.24) is 29.3 Å². The Morgan fingerprint density at radius 1 is 1.03 bits per heavy atom. The van der Waals surface area contributed by atoms with Crippen LogP contribution in [0.1, 0.15) is 40.9 Å². The predicted molar refractivity (Wildman–Crippen MR) is 109 cm³/mol. The van der Waals surface area contributed by atoms with Gasteiger partial charge in [-0.1, -0.05) is 0 Å². The first-order chi connectivity index (χ1) is 13.8. The number of nitrogens with one attached hydrogen (secondary N) is 2. The van der Waals surface area contributed by atoms with Crippen LogP contribution in [0.4, 0.5) is 11.4 Å². The number of rotatable bonds is 7. The van der Waals surface area contributed by atoms with E-state index in [0.29, 0.717) is 30.2 Å². The van der Waals surface area contributed by atoms with E-state index in [4.69, 9.17) is 0 Å². The summed E-state index contributed by atoms with van der Waals surface area (Å²) in [4.78, 5) is 25.3. The van der Waals surface area contributed by atoms with Crippen molar-refractivity contribution in [2.45, 2.75) is 47.2 Å². The van der Waals surface area contributed by atoms with Gasteiger partial charge in [0.2, 0.25) is 5.91 Å². The topological polar surface area (TPSA) is 112 Å². The van der Waals surface area contributed by atoms with Crippen LogP contribution < -0.4 is 10.6 Å². The van der Waals surface area contributed by atoms with Gasteiger partial charge in [0.1, 0.15) is 5.69 Å². The molecule has 0 fully saturated rings. The van der Waals surface area contributed by atoms with Crippen molar-refractivity contribution in [3.05, 3.63) is 41.2 Å². The van der Waals surface area contributed by atoms with Crippen molar-refractivity contribution in [3.63, 3.8) is 0 Å². The number of hydrogen-bond donors (Lipinski definition) is 2. The molecule has 0 radical (unpaired) electrons. The van der Waals surface area contributed by atoms with Gasteiger partial charge >= 0.3 is 0 Å². The number of aryl methyl sites for hydroxylation is 5. The van der Waals surface area contributed by atoms with Crippen LogP contribution in [0.2, 0.25) is 0 Å². The van der Waals surface area contributed by atoms with E-state index >= 15 is 0 Å². The van der Waals surface area contributed by atoms with Crippen molar-refractivity contribution in [3.8, 4) is 0 Å². The highest BCUT2D eigenvalue weighted by atomic mass is 16.2. The summed E-state index contributed by atoms with van der Waals surface area (Å²) in [5, 5.41) is 18.3. The molecule has 3 aromatic heterocycles. The average molecular weight is 398 g/mol. The normalized spacial score (nSPS) is 10.9. The second kappa shape index (κ2) is 8.29. The van der Waals surface area contributed by atoms with Crippen LogP contribution in [0.5, 0.6) is 0 Å². The molecule has 0 unspecified atom stereocenters. The lowest BCUT2D eigenvalue weighted by Crippen LogP contribution is -2.22. The Labute approximate surface area is 168 Å². The molecule has 0 saturated heterocycles. The molecule has 3 rings (SSSR count). The van der Waals surface area contributed by atoms with E-state index < -0.39 is 0 Å². The number of amides is 2. The summed E-state index contributed by atoms with van der Waals surface area (Å²) in [5.41, 5.74) is 4.04. The zero-order valence-corrected chi connectivity index (χ0v) is 17.4. The molecule has 2 N–H and O–H groups in total. The maximum atomic E-state index is 12.9. The lowest BCUT2D eigenvalue weighted by molar-refractivity contribution is -0.116. The van der Waals surface area contributed by atoms with Crippen LogP contribution >= 0.6 is 0 Å². The molecule has 0 saturated carbocycles. The third kappa shape index (κ3) is 4.36. The molecule has 0 aliphatic carbocycles. The minimum atomic E-state index is -0.353. The molecule has 10 heteroatoms. The molecule has 0 aliphatic rings. The SMILES string of the molecule is CCn1ncc(NC(=O)CCn2nc(C)cc2C)c1C(=O)Nc1cnn(C)c1C. The second-order valence-electron chi connectivity index (χ2n) is 6.89. The van der Waals surface area contributed by atoms with E-state index in [1.54, 1.807) is 27.3 Å². The molecule has 0 bridgehead atoms. The van der Waals surface area contributed by atoms with Gasteiger partial charge in [0.05, 0.1) is 35.2 Å². The fourth-order valence-electron chi connectivity index (χ4n) is 3.08. The number of nitrogens with zero attached hydrogens (tertiary/aromatic N) is 6. The van der Waals surface area contributed by atoms with Gasteiger partial charge < -0.3 is 10.6 Å². The minimum Gasteiger partial charge on any atom is -0.323 e. The predicted octanol–water partition coefficient (Wildman–Crippen LogP) is 2.04. The van der Waals surface area contributed by atoms with Crippen LogP contribution in [0.25, 0.3) is 0 Å². The molecule has 154 valence electrons. The van der Waals surface area contributed by atoms with Crippen LogP contribution in [0.15, 0.2) is 18.5 Å². The summed E-state index contributed by atoms with van der Waals surface area (Å²) in [5.74, 6) is -0.561. The van der Waals surface area contributed by atoms with E-state index in [1.807, 2.05) is 33.8 Å². The van der Waals surface area contributed by atoms with Crippen molar-refractivity contribution in [1.29, 1.82) is 0 Å². The lowest BCUT2D eigenvalue weighted by atomic mass is 10.3. The maximum absolute atomic E-state index is 12.9. The van der Waals surface area contributed by atoms with Crippen molar-refractivity contribution in [2.24, 2.45) is 7.05 Å². The Hall–Kier alpha value is -3.43. The van der Waals surface area contributed by atoms with Crippen LogP contribution in [0.3, 0.4) is 0 Å². The first kappa shape index (κ1) is 20.3. The number of carbonyl (C=O) groups is 2. The quantitative estimate of drug-likeness (QED) is 0.633. The van der Waals surface area contributed by atoms with Crippen molar-refractivity contribution in [2.75, 3.05) is 10.6 Å². The highest BCUT2D eigenvalue weighted by Crippen LogP contribution is 2.19. The number of aromatic nitrogens is 6. The number of hydrogen-bond acceptors (Lipinski definition) is 5. The molecule has 29 heavy (non-hydrogen) atoms. The average Bonchev–Trinajstić information content (AvgIpc) is 3.32. The first-order valence-corrected chi connectivity index (χ1v) is 9.46. The molecule has 3 heterocycles. The minimum absolute atomic E-state index is 0.209. The van der Waals surface area contributed by atoms with Crippen molar-refractivity contribution >= 4 is 23.2 Å². The number of anilines is 2. The molecular weight excluding hydrogens is 372 g/mol. The molecule has 2 amide bonds. The Morgan fingerprint density at radius 3 is 2.34 bits per heavy atom. The monoisotopic (exact) mass is 398 g/mol. The summed E-state index contributed by atoms with van der Waals surface area (Å²) >= 11 is 0. The zero-order chi connectivity index (χ0) is 21.1. The van der Waals surface area contributed by atoms with Gasteiger partial charge in [0.25, 0.3) is 5.91 Å². The van der Waals surface area contributed by atoms with E-state index in [1.165, 1.54) is 6.20 Å². The second-order valence-corrected chi connectivity index (χ2v) is 6.89. The van der Waals surface area contributed by atoms with Crippen LogP contribution in [0, 0.1) is 20.8 Å². The molecular formula is C19H26N8O2. The van der Waals surface area contributed by atoms with Gasteiger partial charge in [-0.15, -0.1) is 0 Å². The van der Waals surface area contributed by atoms with E-state index in [0.717, 1.165) is 17.1 Å². The summed E-state index contributed by atoms with van der Waals surface area (Å²) in [6, 6.07) is 1.96. The van der Waals surface area contributed by atoms with E-state index in [9.17, 15) is 9.59 Å². The fraction of sp³-hybridized carbons (Fsp3) is 0.421. The van der Waals surface area contributed by atoms with E-state index in [2.05, 4.69) is 25.9 Å². The van der Waals surface area contributed by atoms with Gasteiger partial charge in [-0.05, 0) is 33.8 Å². The smallest absolute Gasteiger partial charge is 0.276 e. The fourth-order valence-corrected chi connectivity index (χ4v) is 3.08. The Bertz CT molecular complexity index is 1040. The highest BCUT2D eigenvalue weighted by molar-refractivity contribution is 6.09. The summed E-state index contributed by atoms with van der Waals surface area (Å²) < 4.78 is 5.02. The highest BCUT2D eigenvalue weighted by Gasteiger charge is 2.21. The van der Waals surface area contributed by atoms with Gasteiger partial charge in [-0.2, -0.15) is 15.3 Å². The zero-order valence-electron chi connectivity index (χ0n) is 17.4. The first-order valence-electron chi connectivity index (χ1n) is 9.46. The Morgan fingerprint density at radius 2 is 1.76 bits per heavy atom. The third-order valence-corrected chi connectivity index (χ3v) is 4.77. The van der Waals surface area contributed by atoms with E-state index in [-0.39, 0.29) is 18.2 Å². The largest absolute Gasteiger partial charge is 0.323 e.